The van der Waals surface area contributed by atoms with E-state index in [2.05, 4.69) is 14.7 Å². The fraction of sp³-hybridized carbons (Fsp3) is 0.118. The highest BCUT2D eigenvalue weighted by Gasteiger charge is 2.14. The normalized spacial score (nSPS) is 10.2. The van der Waals surface area contributed by atoms with E-state index in [9.17, 15) is 4.79 Å². The second-order valence-electron chi connectivity index (χ2n) is 4.81. The van der Waals surface area contributed by atoms with Crippen molar-refractivity contribution < 1.29 is 14.3 Å². The van der Waals surface area contributed by atoms with Crippen LogP contribution in [0, 0.1) is 0 Å². The summed E-state index contributed by atoms with van der Waals surface area (Å²) in [7, 11) is 3.14. The number of nitrogens with one attached hydrogen (secondary N) is 1. The van der Waals surface area contributed by atoms with E-state index < -0.39 is 0 Å². The van der Waals surface area contributed by atoms with Crippen molar-refractivity contribution in [1.29, 1.82) is 0 Å². The Hall–Kier alpha value is -2.93. The van der Waals surface area contributed by atoms with Crippen molar-refractivity contribution in [2.24, 2.45) is 0 Å². The number of anilines is 1. The highest BCUT2D eigenvalue weighted by atomic mass is 32.1. The molecule has 0 fully saturated rings. The van der Waals surface area contributed by atoms with Gasteiger partial charge in [-0.2, -0.15) is 9.36 Å². The van der Waals surface area contributed by atoms with E-state index in [-0.39, 0.29) is 5.91 Å². The SMILES string of the molecule is COc1ccc(-c2nsc(NC(=O)c3ccccc3OC)n2)cc1. The van der Waals surface area contributed by atoms with E-state index in [4.69, 9.17) is 9.47 Å². The first-order valence-electron chi connectivity index (χ1n) is 7.14. The van der Waals surface area contributed by atoms with Crippen LogP contribution in [0.4, 0.5) is 5.13 Å². The number of aromatic nitrogens is 2. The number of hydrogen-bond donors (Lipinski definition) is 1. The summed E-state index contributed by atoms with van der Waals surface area (Å²) in [6.45, 7) is 0. The molecule has 1 N–H and O–H groups in total. The number of ether oxygens (including phenoxy) is 2. The quantitative estimate of drug-likeness (QED) is 0.769. The fourth-order valence-corrected chi connectivity index (χ4v) is 2.71. The highest BCUT2D eigenvalue weighted by molar-refractivity contribution is 7.10. The summed E-state index contributed by atoms with van der Waals surface area (Å²) < 4.78 is 14.6. The third-order valence-corrected chi connectivity index (χ3v) is 3.98. The minimum atomic E-state index is -0.287. The van der Waals surface area contributed by atoms with Crippen molar-refractivity contribution in [2.75, 3.05) is 19.5 Å². The van der Waals surface area contributed by atoms with Gasteiger partial charge in [-0.25, -0.2) is 0 Å². The molecular formula is C17H15N3O3S. The smallest absolute Gasteiger partial charge is 0.261 e. The molecule has 0 radical (unpaired) electrons. The van der Waals surface area contributed by atoms with Gasteiger partial charge in [0.1, 0.15) is 11.5 Å². The summed E-state index contributed by atoms with van der Waals surface area (Å²) >= 11 is 1.13. The zero-order chi connectivity index (χ0) is 16.9. The Morgan fingerprint density at radius 1 is 1.04 bits per heavy atom. The maximum Gasteiger partial charge on any atom is 0.261 e. The first-order chi connectivity index (χ1) is 11.7. The third-order valence-electron chi connectivity index (χ3n) is 3.35. The molecule has 0 aliphatic rings. The Balaban J connectivity index is 1.77. The third kappa shape index (κ3) is 3.36. The monoisotopic (exact) mass is 341 g/mol. The largest absolute Gasteiger partial charge is 0.497 e. The number of amides is 1. The number of nitrogens with zero attached hydrogens (tertiary/aromatic N) is 2. The molecule has 0 saturated heterocycles. The van der Waals surface area contributed by atoms with E-state index >= 15 is 0 Å². The molecule has 1 heterocycles. The number of carbonyl (C=O) groups is 1. The Bertz CT molecular complexity index is 846. The molecule has 3 rings (SSSR count). The Kier molecular flexibility index (Phi) is 4.72. The molecule has 1 amide bonds. The molecule has 0 bridgehead atoms. The molecule has 1 aromatic heterocycles. The predicted octanol–water partition coefficient (Wildman–Crippen LogP) is 3.47. The Labute approximate surface area is 143 Å². The zero-order valence-corrected chi connectivity index (χ0v) is 14.0. The van der Waals surface area contributed by atoms with Crippen LogP contribution in [-0.2, 0) is 0 Å². The van der Waals surface area contributed by atoms with Crippen molar-refractivity contribution in [2.45, 2.75) is 0 Å². The summed E-state index contributed by atoms with van der Waals surface area (Å²) in [4.78, 5) is 16.7. The predicted molar refractivity (Wildman–Crippen MR) is 92.8 cm³/mol. The second kappa shape index (κ2) is 7.10. The number of benzene rings is 2. The lowest BCUT2D eigenvalue weighted by Crippen LogP contribution is -2.12. The Morgan fingerprint density at radius 2 is 1.79 bits per heavy atom. The first kappa shape index (κ1) is 15.9. The van der Waals surface area contributed by atoms with Crippen LogP contribution < -0.4 is 14.8 Å². The van der Waals surface area contributed by atoms with Gasteiger partial charge in [0, 0.05) is 17.1 Å². The fourth-order valence-electron chi connectivity index (χ4n) is 2.13. The van der Waals surface area contributed by atoms with Crippen LogP contribution in [-0.4, -0.2) is 29.5 Å². The van der Waals surface area contributed by atoms with Gasteiger partial charge >= 0.3 is 0 Å². The van der Waals surface area contributed by atoms with Gasteiger partial charge in [0.05, 0.1) is 19.8 Å². The molecule has 7 heteroatoms. The average Bonchev–Trinajstić information content (AvgIpc) is 3.10. The molecule has 0 spiro atoms. The van der Waals surface area contributed by atoms with Gasteiger partial charge < -0.3 is 9.47 Å². The summed E-state index contributed by atoms with van der Waals surface area (Å²) in [5.74, 6) is 1.54. The van der Waals surface area contributed by atoms with Crippen LogP contribution in [0.5, 0.6) is 11.5 Å². The summed E-state index contributed by atoms with van der Waals surface area (Å²) in [6.07, 6.45) is 0. The van der Waals surface area contributed by atoms with Crippen LogP contribution in [0.25, 0.3) is 11.4 Å². The molecular weight excluding hydrogens is 326 g/mol. The highest BCUT2D eigenvalue weighted by Crippen LogP contribution is 2.24. The minimum absolute atomic E-state index is 0.287. The van der Waals surface area contributed by atoms with Gasteiger partial charge in [-0.05, 0) is 36.4 Å². The molecule has 6 nitrogen and oxygen atoms in total. The zero-order valence-electron chi connectivity index (χ0n) is 13.1. The molecule has 0 unspecified atom stereocenters. The van der Waals surface area contributed by atoms with Gasteiger partial charge in [0.2, 0.25) is 5.13 Å². The maximum absolute atomic E-state index is 12.4. The van der Waals surface area contributed by atoms with Gasteiger partial charge in [-0.3, -0.25) is 10.1 Å². The van der Waals surface area contributed by atoms with Crippen molar-refractivity contribution in [3.05, 3.63) is 54.1 Å². The van der Waals surface area contributed by atoms with Crippen molar-refractivity contribution >= 4 is 22.6 Å². The van der Waals surface area contributed by atoms with Crippen molar-refractivity contribution in [1.82, 2.24) is 9.36 Å². The topological polar surface area (TPSA) is 73.3 Å². The number of hydrogen-bond acceptors (Lipinski definition) is 6. The Morgan fingerprint density at radius 3 is 2.50 bits per heavy atom. The van der Waals surface area contributed by atoms with Crippen LogP contribution >= 0.6 is 11.5 Å². The lowest BCUT2D eigenvalue weighted by atomic mass is 10.2. The van der Waals surface area contributed by atoms with E-state index in [0.717, 1.165) is 22.8 Å². The van der Waals surface area contributed by atoms with Crippen LogP contribution in [0.2, 0.25) is 0 Å². The second-order valence-corrected chi connectivity index (χ2v) is 5.56. The van der Waals surface area contributed by atoms with Gasteiger partial charge in [-0.15, -0.1) is 0 Å². The molecule has 24 heavy (non-hydrogen) atoms. The maximum atomic E-state index is 12.4. The average molecular weight is 341 g/mol. The molecule has 0 aliphatic carbocycles. The lowest BCUT2D eigenvalue weighted by molar-refractivity contribution is 0.102. The van der Waals surface area contributed by atoms with Crippen LogP contribution in [0.1, 0.15) is 10.4 Å². The van der Waals surface area contributed by atoms with Gasteiger partial charge in [0.15, 0.2) is 5.82 Å². The van der Waals surface area contributed by atoms with E-state index in [1.165, 1.54) is 7.11 Å². The molecule has 0 aliphatic heterocycles. The van der Waals surface area contributed by atoms with Crippen molar-refractivity contribution in [3.8, 4) is 22.9 Å². The standard InChI is InChI=1S/C17H15N3O3S/c1-22-12-9-7-11(8-10-12)15-18-17(24-20-15)19-16(21)13-5-3-4-6-14(13)23-2/h3-10H,1-2H3,(H,18,19,20,21). The van der Waals surface area contributed by atoms with Gasteiger partial charge in [-0.1, -0.05) is 12.1 Å². The molecule has 122 valence electrons. The summed E-state index contributed by atoms with van der Waals surface area (Å²) in [6, 6.07) is 14.4. The van der Waals surface area contributed by atoms with E-state index in [1.807, 2.05) is 30.3 Å². The first-order valence-corrected chi connectivity index (χ1v) is 7.91. The summed E-state index contributed by atoms with van der Waals surface area (Å²) in [5, 5.41) is 3.17. The number of para-hydroxylation sites is 1. The van der Waals surface area contributed by atoms with E-state index in [1.54, 1.807) is 25.3 Å². The molecule has 3 aromatic rings. The molecule has 2 aromatic carbocycles. The number of rotatable bonds is 5. The minimum Gasteiger partial charge on any atom is -0.497 e. The number of carbonyl (C=O) groups excluding carboxylic acids is 1. The number of methoxy groups -OCH3 is 2. The van der Waals surface area contributed by atoms with Crippen LogP contribution in [0.15, 0.2) is 48.5 Å². The lowest BCUT2D eigenvalue weighted by Gasteiger charge is -2.06. The summed E-state index contributed by atoms with van der Waals surface area (Å²) in [5.41, 5.74) is 1.30. The van der Waals surface area contributed by atoms with Crippen molar-refractivity contribution in [3.63, 3.8) is 0 Å². The molecule has 0 saturated carbocycles. The van der Waals surface area contributed by atoms with Gasteiger partial charge in [0.25, 0.3) is 5.91 Å². The van der Waals surface area contributed by atoms with E-state index in [0.29, 0.717) is 22.3 Å². The van der Waals surface area contributed by atoms with Crippen LogP contribution in [0.3, 0.4) is 0 Å². The molecule has 0 atom stereocenters.